The van der Waals surface area contributed by atoms with Gasteiger partial charge in [0, 0.05) is 30.6 Å². The molecule has 8 nitrogen and oxygen atoms in total. The number of fused-ring (bicyclic) bond motifs is 1. The molecule has 0 aromatic heterocycles. The molecule has 0 radical (unpaired) electrons. The number of carbonyl (C=O) groups is 2. The molecule has 0 unspecified atom stereocenters. The number of hydrogen-bond donors (Lipinski definition) is 1. The maximum absolute atomic E-state index is 13.4. The first kappa shape index (κ1) is 27.1. The van der Waals surface area contributed by atoms with Gasteiger partial charge in [-0.2, -0.15) is 0 Å². The zero-order valence-corrected chi connectivity index (χ0v) is 22.3. The van der Waals surface area contributed by atoms with E-state index in [1.807, 2.05) is 45.0 Å². The van der Waals surface area contributed by atoms with Crippen molar-refractivity contribution < 1.29 is 23.8 Å². The van der Waals surface area contributed by atoms with Gasteiger partial charge >= 0.3 is 0 Å². The van der Waals surface area contributed by atoms with E-state index in [9.17, 15) is 9.59 Å². The maximum atomic E-state index is 13.4. The van der Waals surface area contributed by atoms with Crippen LogP contribution in [0.5, 0.6) is 11.5 Å². The molecule has 0 bridgehead atoms. The average molecular weight is 516 g/mol. The van der Waals surface area contributed by atoms with E-state index in [2.05, 4.69) is 15.1 Å². The number of ketones is 1. The van der Waals surface area contributed by atoms with E-state index in [1.165, 1.54) is 7.11 Å². The fraction of sp³-hybridized carbons (Fsp3) is 0.367. The third kappa shape index (κ3) is 5.96. The number of anilines is 1. The van der Waals surface area contributed by atoms with Gasteiger partial charge in [-0.3, -0.25) is 14.5 Å². The predicted molar refractivity (Wildman–Crippen MR) is 148 cm³/mol. The molecular weight excluding hydrogens is 482 g/mol. The molecule has 1 fully saturated rings. The van der Waals surface area contributed by atoms with Gasteiger partial charge in [-0.05, 0) is 35.1 Å². The summed E-state index contributed by atoms with van der Waals surface area (Å²) in [5.74, 6) is -0.611. The number of morpholine rings is 1. The van der Waals surface area contributed by atoms with E-state index < -0.39 is 11.7 Å². The van der Waals surface area contributed by atoms with Gasteiger partial charge in [0.25, 0.3) is 11.7 Å². The number of Topliss-reactive ketones (excluding diaryl/α,β-unsaturated/α-hetero) is 1. The van der Waals surface area contributed by atoms with Crippen molar-refractivity contribution in [2.75, 3.05) is 51.9 Å². The summed E-state index contributed by atoms with van der Waals surface area (Å²) in [7, 11) is 1.43. The van der Waals surface area contributed by atoms with Gasteiger partial charge in [0.2, 0.25) is 5.69 Å². The van der Waals surface area contributed by atoms with Crippen LogP contribution in [0.4, 0.5) is 11.4 Å². The molecule has 3 aromatic rings. The number of methoxy groups -OCH3 is 1. The second-order valence-corrected chi connectivity index (χ2v) is 10.2. The van der Waals surface area contributed by atoms with E-state index >= 15 is 0 Å². The van der Waals surface area contributed by atoms with Crippen LogP contribution in [0.2, 0.25) is 0 Å². The van der Waals surface area contributed by atoms with Crippen molar-refractivity contribution in [3.63, 3.8) is 0 Å². The largest absolute Gasteiger partial charge is 0.506 e. The van der Waals surface area contributed by atoms with Crippen LogP contribution in [0.25, 0.3) is 15.6 Å². The lowest BCUT2D eigenvalue weighted by Crippen LogP contribution is -2.38. The van der Waals surface area contributed by atoms with Crippen LogP contribution in [0.3, 0.4) is 0 Å². The van der Waals surface area contributed by atoms with Crippen LogP contribution in [-0.4, -0.2) is 63.2 Å². The number of nitrogens with zero attached hydrogens (tertiary/aromatic N) is 2. The fourth-order valence-electron chi connectivity index (χ4n) is 4.44. The maximum Gasteiger partial charge on any atom is 0.296 e. The molecule has 198 valence electrons. The summed E-state index contributed by atoms with van der Waals surface area (Å²) in [5.41, 5.74) is 1.40. The Kier molecular flexibility index (Phi) is 8.30. The standard InChI is InChI=1S/C30H33N3O5/c1-30(2,3)20-18-24(31-4)28(36-5)25(19-20)32-29(35)27(34)23-10-11-26(22-9-7-6-8-21(22)23)38-17-14-33-12-15-37-16-13-33/h6-11,18-19H,12-17H2,1-3,5H3,(H,32,35). The molecule has 8 heteroatoms. The molecule has 1 N–H and O–H groups in total. The summed E-state index contributed by atoms with van der Waals surface area (Å²) in [5, 5.41) is 4.09. The Bertz CT molecular complexity index is 1380. The van der Waals surface area contributed by atoms with E-state index in [0.29, 0.717) is 17.7 Å². The van der Waals surface area contributed by atoms with E-state index in [4.69, 9.17) is 20.8 Å². The Morgan fingerprint density at radius 3 is 2.45 bits per heavy atom. The topological polar surface area (TPSA) is 81.5 Å². The normalized spacial score (nSPS) is 14.1. The van der Waals surface area contributed by atoms with Crippen LogP contribution in [0, 0.1) is 6.57 Å². The highest BCUT2D eigenvalue weighted by molar-refractivity contribution is 6.48. The van der Waals surface area contributed by atoms with Gasteiger partial charge in [0.05, 0.1) is 32.6 Å². The number of rotatable bonds is 8. The van der Waals surface area contributed by atoms with Crippen molar-refractivity contribution in [3.05, 3.63) is 71.1 Å². The summed E-state index contributed by atoms with van der Waals surface area (Å²) < 4.78 is 16.9. The quantitative estimate of drug-likeness (QED) is 0.251. The molecule has 1 aliphatic rings. The zero-order chi connectivity index (χ0) is 27.3. The molecule has 4 rings (SSSR count). The van der Waals surface area contributed by atoms with Gasteiger partial charge in [0.1, 0.15) is 18.1 Å². The molecule has 3 aromatic carbocycles. The highest BCUT2D eigenvalue weighted by Gasteiger charge is 2.25. The molecule has 0 saturated carbocycles. The Morgan fingerprint density at radius 1 is 1.08 bits per heavy atom. The minimum atomic E-state index is -0.809. The second kappa shape index (κ2) is 11.6. The minimum absolute atomic E-state index is 0.225. The summed E-state index contributed by atoms with van der Waals surface area (Å²) in [4.78, 5) is 32.4. The highest BCUT2D eigenvalue weighted by atomic mass is 16.5. The zero-order valence-electron chi connectivity index (χ0n) is 22.3. The molecule has 1 saturated heterocycles. The van der Waals surface area contributed by atoms with Crippen molar-refractivity contribution in [2.24, 2.45) is 0 Å². The van der Waals surface area contributed by atoms with Crippen molar-refractivity contribution in [2.45, 2.75) is 26.2 Å². The Hall–Kier alpha value is -3.93. The first-order valence-corrected chi connectivity index (χ1v) is 12.6. The van der Waals surface area contributed by atoms with Crippen LogP contribution >= 0.6 is 0 Å². The molecule has 38 heavy (non-hydrogen) atoms. The van der Waals surface area contributed by atoms with Gasteiger partial charge in [-0.1, -0.05) is 50.6 Å². The number of benzene rings is 3. The molecular formula is C30H33N3O5. The summed E-state index contributed by atoms with van der Waals surface area (Å²) in [6.45, 7) is 18.1. The third-order valence-electron chi connectivity index (χ3n) is 6.61. The molecule has 0 atom stereocenters. The lowest BCUT2D eigenvalue weighted by atomic mass is 9.86. The first-order valence-electron chi connectivity index (χ1n) is 12.6. The average Bonchev–Trinajstić information content (AvgIpc) is 2.92. The van der Waals surface area contributed by atoms with Gasteiger partial charge in [-0.15, -0.1) is 0 Å². The molecule has 0 spiro atoms. The first-order chi connectivity index (χ1) is 18.2. The lowest BCUT2D eigenvalue weighted by molar-refractivity contribution is -0.112. The van der Waals surface area contributed by atoms with Crippen molar-refractivity contribution in [3.8, 4) is 11.5 Å². The monoisotopic (exact) mass is 515 g/mol. The van der Waals surface area contributed by atoms with Crippen LogP contribution in [0.15, 0.2) is 48.5 Å². The molecule has 1 heterocycles. The van der Waals surface area contributed by atoms with Crippen molar-refractivity contribution >= 4 is 33.8 Å². The Balaban J connectivity index is 1.58. The second-order valence-electron chi connectivity index (χ2n) is 10.2. The van der Waals surface area contributed by atoms with E-state index in [-0.39, 0.29) is 28.1 Å². The third-order valence-corrected chi connectivity index (χ3v) is 6.61. The van der Waals surface area contributed by atoms with Crippen LogP contribution in [0.1, 0.15) is 36.7 Å². The summed E-state index contributed by atoms with van der Waals surface area (Å²) >= 11 is 0. The van der Waals surface area contributed by atoms with Crippen molar-refractivity contribution in [1.29, 1.82) is 0 Å². The molecule has 0 aliphatic carbocycles. The number of nitrogens with one attached hydrogen (secondary N) is 1. The predicted octanol–water partition coefficient (Wildman–Crippen LogP) is 5.23. The molecule has 1 aliphatic heterocycles. The highest BCUT2D eigenvalue weighted by Crippen LogP contribution is 2.40. The number of carbonyl (C=O) groups excluding carboxylic acids is 2. The van der Waals surface area contributed by atoms with Crippen molar-refractivity contribution in [1.82, 2.24) is 4.90 Å². The summed E-state index contributed by atoms with van der Waals surface area (Å²) in [6.07, 6.45) is 0. The SMILES string of the molecule is [C-]#[N+]c1cc(C(C)(C)C)cc(NC(=O)C(=O)c2ccc(OCCN3CCOCC3)c3ccccc23)c1OC. The fourth-order valence-corrected chi connectivity index (χ4v) is 4.44. The molecule has 1 amide bonds. The number of hydrogen-bond acceptors (Lipinski definition) is 6. The minimum Gasteiger partial charge on any atom is -0.506 e. The Morgan fingerprint density at radius 2 is 1.79 bits per heavy atom. The smallest absolute Gasteiger partial charge is 0.296 e. The van der Waals surface area contributed by atoms with E-state index in [1.54, 1.807) is 24.3 Å². The van der Waals surface area contributed by atoms with Gasteiger partial charge in [0.15, 0.2) is 0 Å². The van der Waals surface area contributed by atoms with E-state index in [0.717, 1.165) is 43.8 Å². The number of amides is 1. The Labute approximate surface area is 223 Å². The summed E-state index contributed by atoms with van der Waals surface area (Å²) in [6, 6.07) is 14.2. The number of ether oxygens (including phenoxy) is 3. The van der Waals surface area contributed by atoms with Crippen LogP contribution < -0.4 is 14.8 Å². The van der Waals surface area contributed by atoms with Crippen LogP contribution in [-0.2, 0) is 14.9 Å². The van der Waals surface area contributed by atoms with Gasteiger partial charge in [-0.25, -0.2) is 4.85 Å². The lowest BCUT2D eigenvalue weighted by Gasteiger charge is -2.26. The van der Waals surface area contributed by atoms with Gasteiger partial charge < -0.3 is 19.5 Å².